The maximum Gasteiger partial charge on any atom is 0.272 e. The number of H-pyrrole nitrogens is 1. The number of aryl methyl sites for hydroxylation is 2. The Kier molecular flexibility index (Phi) is 3.14. The van der Waals surface area contributed by atoms with E-state index in [9.17, 15) is 9.90 Å². The van der Waals surface area contributed by atoms with Crippen molar-refractivity contribution in [1.82, 2.24) is 4.98 Å². The number of fused-ring (bicyclic) bond motifs is 1. The third-order valence-electron chi connectivity index (χ3n) is 3.42. The summed E-state index contributed by atoms with van der Waals surface area (Å²) in [7, 11) is 0. The van der Waals surface area contributed by atoms with Crippen LogP contribution in [0.2, 0.25) is 0 Å². The van der Waals surface area contributed by atoms with Gasteiger partial charge >= 0.3 is 0 Å². The second-order valence-corrected chi connectivity index (χ2v) is 5.25. The first-order chi connectivity index (χ1) is 10.0. The molecule has 3 rings (SSSR count). The van der Waals surface area contributed by atoms with Crippen LogP contribution in [0.15, 0.2) is 42.5 Å². The van der Waals surface area contributed by atoms with Crippen molar-refractivity contribution in [3.8, 4) is 5.75 Å². The highest BCUT2D eigenvalue weighted by atomic mass is 16.3. The monoisotopic (exact) mass is 280 g/mol. The summed E-state index contributed by atoms with van der Waals surface area (Å²) in [6.45, 7) is 3.91. The van der Waals surface area contributed by atoms with Crippen molar-refractivity contribution in [2.24, 2.45) is 0 Å². The van der Waals surface area contributed by atoms with Crippen molar-refractivity contribution in [1.29, 1.82) is 0 Å². The fourth-order valence-corrected chi connectivity index (χ4v) is 2.30. The van der Waals surface area contributed by atoms with Crippen LogP contribution in [0.4, 0.5) is 5.69 Å². The van der Waals surface area contributed by atoms with Crippen molar-refractivity contribution in [3.05, 3.63) is 59.3 Å². The van der Waals surface area contributed by atoms with E-state index >= 15 is 0 Å². The van der Waals surface area contributed by atoms with E-state index < -0.39 is 0 Å². The Morgan fingerprint density at radius 1 is 1.05 bits per heavy atom. The quantitative estimate of drug-likeness (QED) is 0.626. The molecule has 0 fully saturated rings. The third-order valence-corrected chi connectivity index (χ3v) is 3.42. The van der Waals surface area contributed by atoms with Crippen LogP contribution < -0.4 is 5.32 Å². The summed E-state index contributed by atoms with van der Waals surface area (Å²) >= 11 is 0. The number of aromatic nitrogens is 1. The summed E-state index contributed by atoms with van der Waals surface area (Å²) < 4.78 is 0. The molecule has 0 unspecified atom stereocenters. The van der Waals surface area contributed by atoms with Crippen molar-refractivity contribution in [3.63, 3.8) is 0 Å². The van der Waals surface area contributed by atoms with Gasteiger partial charge in [-0.05, 0) is 49.2 Å². The van der Waals surface area contributed by atoms with Gasteiger partial charge in [-0.2, -0.15) is 0 Å². The number of aromatic hydroxyl groups is 1. The summed E-state index contributed by atoms with van der Waals surface area (Å²) in [6, 6.07) is 12.9. The molecule has 0 bridgehead atoms. The number of carbonyl (C=O) groups excluding carboxylic acids is 1. The minimum Gasteiger partial charge on any atom is -0.506 e. The highest BCUT2D eigenvalue weighted by molar-refractivity contribution is 6.06. The molecule has 0 aliphatic heterocycles. The molecule has 3 aromatic rings. The van der Waals surface area contributed by atoms with Gasteiger partial charge in [-0.15, -0.1) is 0 Å². The van der Waals surface area contributed by atoms with E-state index in [2.05, 4.69) is 10.3 Å². The maximum atomic E-state index is 12.3. The number of nitrogens with one attached hydrogen (secondary N) is 2. The number of hydrogen-bond donors (Lipinski definition) is 3. The number of hydrogen-bond acceptors (Lipinski definition) is 2. The maximum absolute atomic E-state index is 12.3. The lowest BCUT2D eigenvalue weighted by molar-refractivity contribution is 0.102. The van der Waals surface area contributed by atoms with Crippen LogP contribution in [-0.4, -0.2) is 16.0 Å². The zero-order chi connectivity index (χ0) is 15.0. The van der Waals surface area contributed by atoms with Crippen molar-refractivity contribution < 1.29 is 9.90 Å². The van der Waals surface area contributed by atoms with Crippen LogP contribution in [0.5, 0.6) is 5.75 Å². The van der Waals surface area contributed by atoms with E-state index in [-0.39, 0.29) is 11.7 Å². The molecule has 0 aliphatic rings. The van der Waals surface area contributed by atoms with Gasteiger partial charge in [0.15, 0.2) is 0 Å². The molecular formula is C17H16N2O2. The molecule has 1 aromatic heterocycles. The molecule has 0 radical (unpaired) electrons. The Hall–Kier alpha value is -2.75. The van der Waals surface area contributed by atoms with Crippen LogP contribution in [0, 0.1) is 13.8 Å². The fraction of sp³-hybridized carbons (Fsp3) is 0.118. The van der Waals surface area contributed by atoms with Gasteiger partial charge in [-0.25, -0.2) is 0 Å². The number of phenols is 1. The van der Waals surface area contributed by atoms with Gasteiger partial charge in [0.25, 0.3) is 5.91 Å². The summed E-state index contributed by atoms with van der Waals surface area (Å²) in [4.78, 5) is 15.4. The van der Waals surface area contributed by atoms with Gasteiger partial charge < -0.3 is 15.4 Å². The molecular weight excluding hydrogens is 264 g/mol. The highest BCUT2D eigenvalue weighted by Gasteiger charge is 2.12. The molecule has 0 saturated heterocycles. The molecule has 1 amide bonds. The van der Waals surface area contributed by atoms with Gasteiger partial charge in [0.1, 0.15) is 11.4 Å². The van der Waals surface area contributed by atoms with Crippen molar-refractivity contribution in [2.45, 2.75) is 13.8 Å². The number of aromatic amines is 1. The summed E-state index contributed by atoms with van der Waals surface area (Å²) in [5, 5.41) is 13.5. The molecule has 4 heteroatoms. The number of phenolic OH excluding ortho intramolecular Hbond substituents is 1. The number of carbonyl (C=O) groups is 1. The van der Waals surface area contributed by atoms with Gasteiger partial charge in [-0.3, -0.25) is 4.79 Å². The SMILES string of the molecule is Cc1ccc(O)c(NC(=O)c2cc3ccc(C)cc3[nH]2)c1. The van der Waals surface area contributed by atoms with Gasteiger partial charge in [0.2, 0.25) is 0 Å². The van der Waals surface area contributed by atoms with E-state index in [1.165, 1.54) is 0 Å². The fourth-order valence-electron chi connectivity index (χ4n) is 2.30. The third kappa shape index (κ3) is 2.60. The molecule has 0 aliphatic carbocycles. The van der Waals surface area contributed by atoms with Crippen LogP contribution in [0.25, 0.3) is 10.9 Å². The normalized spacial score (nSPS) is 10.8. The Labute approximate surface area is 122 Å². The molecule has 0 saturated carbocycles. The summed E-state index contributed by atoms with van der Waals surface area (Å²) in [5.41, 5.74) is 3.91. The standard InChI is InChI=1S/C17H16N2O2/c1-10-3-5-12-9-15(18-13(12)7-10)17(21)19-14-8-11(2)4-6-16(14)20/h3-9,18,20H,1-2H3,(H,19,21). The van der Waals surface area contributed by atoms with E-state index in [4.69, 9.17) is 0 Å². The molecule has 3 N–H and O–H groups in total. The van der Waals surface area contributed by atoms with E-state index in [1.807, 2.05) is 32.0 Å². The largest absolute Gasteiger partial charge is 0.506 e. The Bertz CT molecular complexity index is 834. The second kappa shape index (κ2) is 4.98. The Morgan fingerprint density at radius 2 is 1.76 bits per heavy atom. The number of amides is 1. The lowest BCUT2D eigenvalue weighted by Crippen LogP contribution is -2.12. The number of rotatable bonds is 2. The minimum atomic E-state index is -0.273. The number of benzene rings is 2. The lowest BCUT2D eigenvalue weighted by atomic mass is 10.2. The van der Waals surface area contributed by atoms with E-state index in [0.29, 0.717) is 11.4 Å². The summed E-state index contributed by atoms with van der Waals surface area (Å²) in [5.74, 6) is -0.217. The average Bonchev–Trinajstić information content (AvgIpc) is 2.86. The molecule has 4 nitrogen and oxygen atoms in total. The van der Waals surface area contributed by atoms with Crippen molar-refractivity contribution >= 4 is 22.5 Å². The second-order valence-electron chi connectivity index (χ2n) is 5.25. The van der Waals surface area contributed by atoms with E-state index in [1.54, 1.807) is 24.3 Å². The Balaban J connectivity index is 1.91. The Morgan fingerprint density at radius 3 is 2.57 bits per heavy atom. The zero-order valence-electron chi connectivity index (χ0n) is 11.9. The number of anilines is 1. The minimum absolute atomic E-state index is 0.0564. The van der Waals surface area contributed by atoms with Gasteiger partial charge in [0, 0.05) is 10.9 Å². The van der Waals surface area contributed by atoms with E-state index in [0.717, 1.165) is 22.0 Å². The first kappa shape index (κ1) is 13.2. The average molecular weight is 280 g/mol. The van der Waals surface area contributed by atoms with Crippen LogP contribution in [0.1, 0.15) is 21.6 Å². The molecule has 2 aromatic carbocycles. The topological polar surface area (TPSA) is 65.1 Å². The predicted molar refractivity (Wildman–Crippen MR) is 83.8 cm³/mol. The van der Waals surface area contributed by atoms with Gasteiger partial charge in [-0.1, -0.05) is 18.2 Å². The first-order valence-corrected chi connectivity index (χ1v) is 6.73. The van der Waals surface area contributed by atoms with Crippen LogP contribution in [-0.2, 0) is 0 Å². The summed E-state index contributed by atoms with van der Waals surface area (Å²) in [6.07, 6.45) is 0. The van der Waals surface area contributed by atoms with Gasteiger partial charge in [0.05, 0.1) is 5.69 Å². The first-order valence-electron chi connectivity index (χ1n) is 6.73. The smallest absolute Gasteiger partial charge is 0.272 e. The molecule has 0 atom stereocenters. The zero-order valence-corrected chi connectivity index (χ0v) is 11.9. The van der Waals surface area contributed by atoms with Crippen molar-refractivity contribution in [2.75, 3.05) is 5.32 Å². The predicted octanol–water partition coefficient (Wildman–Crippen LogP) is 3.74. The molecule has 0 spiro atoms. The molecule has 21 heavy (non-hydrogen) atoms. The van der Waals surface area contributed by atoms with Crippen LogP contribution >= 0.6 is 0 Å². The highest BCUT2D eigenvalue weighted by Crippen LogP contribution is 2.25. The molecule has 1 heterocycles. The molecule has 106 valence electrons. The van der Waals surface area contributed by atoms with Crippen LogP contribution in [0.3, 0.4) is 0 Å². The lowest BCUT2D eigenvalue weighted by Gasteiger charge is -2.07.